The lowest BCUT2D eigenvalue weighted by molar-refractivity contribution is 0.151. The van der Waals surface area contributed by atoms with Crippen molar-refractivity contribution in [2.45, 2.75) is 13.2 Å². The molecule has 0 unspecified atom stereocenters. The summed E-state index contributed by atoms with van der Waals surface area (Å²) in [5, 5.41) is 3.90. The van der Waals surface area contributed by atoms with Crippen LogP contribution in [0.1, 0.15) is 11.5 Å². The highest BCUT2D eigenvalue weighted by molar-refractivity contribution is 5.60. The van der Waals surface area contributed by atoms with E-state index in [1.165, 1.54) is 13.2 Å². The van der Waals surface area contributed by atoms with E-state index in [1.807, 2.05) is 0 Å². The Balaban J connectivity index is 1.78. The van der Waals surface area contributed by atoms with Crippen LogP contribution in [0.5, 0.6) is 11.5 Å². The Morgan fingerprint density at radius 1 is 1.04 bits per heavy atom. The third-order valence-electron chi connectivity index (χ3n) is 3.50. The molecule has 0 saturated carbocycles. The quantitative estimate of drug-likeness (QED) is 0.652. The zero-order chi connectivity index (χ0) is 17.6. The molecule has 0 radical (unpaired) electrons. The highest BCUT2D eigenvalue weighted by atomic mass is 19.1. The van der Waals surface area contributed by atoms with Crippen molar-refractivity contribution >= 4 is 0 Å². The molecule has 25 heavy (non-hydrogen) atoms. The lowest BCUT2D eigenvalue weighted by Gasteiger charge is -2.11. The zero-order valence-electron chi connectivity index (χ0n) is 13.9. The molecular weight excluding hydrogens is 327 g/mol. The van der Waals surface area contributed by atoms with Gasteiger partial charge in [0, 0.05) is 18.2 Å². The van der Waals surface area contributed by atoms with Gasteiger partial charge in [0.25, 0.3) is 5.89 Å². The molecule has 0 bridgehead atoms. The molecule has 7 heteroatoms. The van der Waals surface area contributed by atoms with Gasteiger partial charge in [0.2, 0.25) is 5.82 Å². The van der Waals surface area contributed by atoms with Crippen molar-refractivity contribution in [3.05, 3.63) is 59.7 Å². The fourth-order valence-corrected chi connectivity index (χ4v) is 2.25. The first-order chi connectivity index (χ1) is 12.2. The van der Waals surface area contributed by atoms with Gasteiger partial charge in [-0.2, -0.15) is 4.98 Å². The maximum absolute atomic E-state index is 13.7. The van der Waals surface area contributed by atoms with E-state index in [0.717, 1.165) is 0 Å². The molecule has 3 aromatic rings. The van der Waals surface area contributed by atoms with Gasteiger partial charge < -0.3 is 18.7 Å². The molecule has 0 N–H and O–H groups in total. The number of hydrogen-bond donors (Lipinski definition) is 0. The molecular formula is C18H17FN2O4. The third kappa shape index (κ3) is 3.95. The molecule has 6 nitrogen and oxygen atoms in total. The Hall–Kier alpha value is -2.93. The van der Waals surface area contributed by atoms with Crippen molar-refractivity contribution in [3.8, 4) is 22.9 Å². The van der Waals surface area contributed by atoms with E-state index in [9.17, 15) is 4.39 Å². The summed E-state index contributed by atoms with van der Waals surface area (Å²) in [5.41, 5.74) is 1.18. The highest BCUT2D eigenvalue weighted by Gasteiger charge is 2.13. The van der Waals surface area contributed by atoms with Crippen LogP contribution >= 0.6 is 0 Å². The van der Waals surface area contributed by atoms with Crippen LogP contribution in [-0.2, 0) is 18.0 Å². The summed E-state index contributed by atoms with van der Waals surface area (Å²) in [6, 6.07) is 11.7. The van der Waals surface area contributed by atoms with Gasteiger partial charge in [-0.25, -0.2) is 4.39 Å². The lowest BCUT2D eigenvalue weighted by atomic mass is 10.2. The Morgan fingerprint density at radius 3 is 2.64 bits per heavy atom. The fourth-order valence-electron chi connectivity index (χ4n) is 2.25. The van der Waals surface area contributed by atoms with E-state index in [0.29, 0.717) is 34.3 Å². The first-order valence-electron chi connectivity index (χ1n) is 7.57. The molecule has 0 aliphatic heterocycles. The van der Waals surface area contributed by atoms with Gasteiger partial charge in [-0.3, -0.25) is 0 Å². The number of nitrogens with zero attached hydrogens (tertiary/aromatic N) is 2. The van der Waals surface area contributed by atoms with E-state index in [-0.39, 0.29) is 19.0 Å². The fraction of sp³-hybridized carbons (Fsp3) is 0.222. The number of ether oxygens (including phenoxy) is 3. The number of benzene rings is 2. The van der Waals surface area contributed by atoms with Crippen LogP contribution < -0.4 is 9.47 Å². The van der Waals surface area contributed by atoms with Crippen molar-refractivity contribution in [2.24, 2.45) is 0 Å². The smallest absolute Gasteiger partial charge is 0.252 e. The summed E-state index contributed by atoms with van der Waals surface area (Å²) >= 11 is 0. The average Bonchev–Trinajstić information content (AvgIpc) is 3.10. The lowest BCUT2D eigenvalue weighted by Crippen LogP contribution is -2.00. The monoisotopic (exact) mass is 344 g/mol. The molecule has 1 aromatic heterocycles. The maximum Gasteiger partial charge on any atom is 0.252 e. The normalized spacial score (nSPS) is 10.7. The second-order valence-corrected chi connectivity index (χ2v) is 5.19. The molecule has 0 atom stereocenters. The van der Waals surface area contributed by atoms with Crippen LogP contribution in [-0.4, -0.2) is 24.4 Å². The van der Waals surface area contributed by atoms with Crippen LogP contribution in [0.3, 0.4) is 0 Å². The summed E-state index contributed by atoms with van der Waals surface area (Å²) < 4.78 is 34.7. The van der Waals surface area contributed by atoms with Gasteiger partial charge in [-0.05, 0) is 24.3 Å². The standard InChI is InChI=1S/C18H17FN2O4/c1-22-11-17-20-18(21-25-17)12-7-8-15(16(9-12)23-2)24-10-13-5-3-4-6-14(13)19/h3-9H,10-11H2,1-2H3. The van der Waals surface area contributed by atoms with Crippen LogP contribution in [0, 0.1) is 5.82 Å². The Morgan fingerprint density at radius 2 is 1.88 bits per heavy atom. The topological polar surface area (TPSA) is 66.6 Å². The van der Waals surface area contributed by atoms with Gasteiger partial charge in [-0.1, -0.05) is 23.4 Å². The first-order valence-corrected chi connectivity index (χ1v) is 7.57. The van der Waals surface area contributed by atoms with E-state index >= 15 is 0 Å². The van der Waals surface area contributed by atoms with Crippen LogP contribution in [0.15, 0.2) is 47.0 Å². The van der Waals surface area contributed by atoms with Crippen LogP contribution in [0.25, 0.3) is 11.4 Å². The largest absolute Gasteiger partial charge is 0.493 e. The van der Waals surface area contributed by atoms with Crippen LogP contribution in [0.2, 0.25) is 0 Å². The van der Waals surface area contributed by atoms with Gasteiger partial charge >= 0.3 is 0 Å². The number of halogens is 1. The summed E-state index contributed by atoms with van der Waals surface area (Å²) in [7, 11) is 3.08. The van der Waals surface area contributed by atoms with Crippen LogP contribution in [0.4, 0.5) is 4.39 Å². The number of aromatic nitrogens is 2. The summed E-state index contributed by atoms with van der Waals surface area (Å²) in [4.78, 5) is 4.23. The summed E-state index contributed by atoms with van der Waals surface area (Å²) in [5.74, 6) is 1.49. The molecule has 3 rings (SSSR count). The molecule has 130 valence electrons. The van der Waals surface area contributed by atoms with Crippen molar-refractivity contribution in [1.29, 1.82) is 0 Å². The van der Waals surface area contributed by atoms with Crippen molar-refractivity contribution in [3.63, 3.8) is 0 Å². The second-order valence-electron chi connectivity index (χ2n) is 5.19. The predicted octanol–water partition coefficient (Wildman–Crippen LogP) is 3.61. The number of rotatable bonds is 7. The number of hydrogen-bond acceptors (Lipinski definition) is 6. The van der Waals surface area contributed by atoms with E-state index in [2.05, 4.69) is 10.1 Å². The van der Waals surface area contributed by atoms with E-state index < -0.39 is 0 Å². The zero-order valence-corrected chi connectivity index (χ0v) is 13.9. The Kier molecular flexibility index (Phi) is 5.25. The van der Waals surface area contributed by atoms with Crippen molar-refractivity contribution in [1.82, 2.24) is 10.1 Å². The van der Waals surface area contributed by atoms with Gasteiger partial charge in [0.1, 0.15) is 19.0 Å². The SMILES string of the molecule is COCc1nc(-c2ccc(OCc3ccccc3F)c(OC)c2)no1. The average molecular weight is 344 g/mol. The minimum absolute atomic E-state index is 0.0998. The van der Waals surface area contributed by atoms with E-state index in [4.69, 9.17) is 18.7 Å². The Labute approximate surface area is 144 Å². The van der Waals surface area contributed by atoms with Gasteiger partial charge in [0.15, 0.2) is 11.5 Å². The summed E-state index contributed by atoms with van der Waals surface area (Å²) in [6.45, 7) is 0.344. The molecule has 0 aliphatic carbocycles. The van der Waals surface area contributed by atoms with Crippen molar-refractivity contribution < 1.29 is 23.1 Å². The molecule has 0 spiro atoms. The Bertz CT molecular complexity index is 851. The molecule has 0 aliphatic rings. The highest BCUT2D eigenvalue weighted by Crippen LogP contribution is 2.32. The molecule has 2 aromatic carbocycles. The molecule has 1 heterocycles. The number of methoxy groups -OCH3 is 2. The predicted molar refractivity (Wildman–Crippen MR) is 87.7 cm³/mol. The minimum Gasteiger partial charge on any atom is -0.493 e. The third-order valence-corrected chi connectivity index (χ3v) is 3.50. The molecule has 0 amide bonds. The maximum atomic E-state index is 13.7. The second kappa shape index (κ2) is 7.76. The van der Waals surface area contributed by atoms with Gasteiger partial charge in [-0.15, -0.1) is 0 Å². The van der Waals surface area contributed by atoms with Gasteiger partial charge in [0.05, 0.1) is 7.11 Å². The first kappa shape index (κ1) is 16.9. The molecule has 0 fully saturated rings. The minimum atomic E-state index is -0.310. The molecule has 0 saturated heterocycles. The summed E-state index contributed by atoms with van der Waals surface area (Å²) in [6.07, 6.45) is 0. The van der Waals surface area contributed by atoms with Crippen molar-refractivity contribution in [2.75, 3.05) is 14.2 Å². The van der Waals surface area contributed by atoms with E-state index in [1.54, 1.807) is 43.5 Å².